The van der Waals surface area contributed by atoms with Crippen LogP contribution in [0.5, 0.6) is 0 Å². The Morgan fingerprint density at radius 3 is 2.44 bits per heavy atom. The molecule has 0 atom stereocenters. The number of hydrogen-bond acceptors (Lipinski definition) is 5. The lowest BCUT2D eigenvalue weighted by molar-refractivity contribution is -0.386. The average molecular weight is 490 g/mol. The van der Waals surface area contributed by atoms with Crippen LogP contribution in [0, 0.1) is 15.9 Å². The van der Waals surface area contributed by atoms with E-state index in [1.165, 1.54) is 27.7 Å². The number of aromatic nitrogens is 4. The highest BCUT2D eigenvalue weighted by atomic mass is 19.1. The van der Waals surface area contributed by atoms with Gasteiger partial charge in [0.1, 0.15) is 11.5 Å². The molecule has 0 aliphatic heterocycles. The Bertz CT molecular complexity index is 1540. The van der Waals surface area contributed by atoms with E-state index in [4.69, 9.17) is 0 Å². The van der Waals surface area contributed by atoms with Gasteiger partial charge in [-0.2, -0.15) is 5.10 Å². The first-order valence-corrected chi connectivity index (χ1v) is 11.8. The highest BCUT2D eigenvalue weighted by Gasteiger charge is 2.33. The molecule has 0 saturated heterocycles. The van der Waals surface area contributed by atoms with E-state index in [0.717, 1.165) is 16.6 Å². The molecule has 0 spiro atoms. The zero-order valence-corrected chi connectivity index (χ0v) is 19.4. The van der Waals surface area contributed by atoms with E-state index in [-0.39, 0.29) is 30.4 Å². The fraction of sp³-hybridized carbons (Fsp3) is 0.269. The van der Waals surface area contributed by atoms with Gasteiger partial charge in [-0.1, -0.05) is 48.5 Å². The summed E-state index contributed by atoms with van der Waals surface area (Å²) in [6, 6.07) is 15.4. The summed E-state index contributed by atoms with van der Waals surface area (Å²) < 4.78 is 17.9. The van der Waals surface area contributed by atoms with Crippen LogP contribution in [0.15, 0.2) is 76.6 Å². The van der Waals surface area contributed by atoms with Crippen LogP contribution in [-0.2, 0) is 19.5 Å². The summed E-state index contributed by atoms with van der Waals surface area (Å²) in [5, 5.41) is 16.4. The average Bonchev–Trinajstić information content (AvgIpc) is 3.29. The number of hydrogen-bond donors (Lipinski definition) is 0. The van der Waals surface area contributed by atoms with E-state index < -0.39 is 27.7 Å². The van der Waals surface area contributed by atoms with E-state index in [1.54, 1.807) is 18.2 Å². The lowest BCUT2D eigenvalue weighted by atomic mass is 9.93. The Hall–Kier alpha value is -4.34. The normalized spacial score (nSPS) is 13.5. The van der Waals surface area contributed by atoms with Crippen molar-refractivity contribution in [3.05, 3.63) is 115 Å². The first-order chi connectivity index (χ1) is 17.4. The summed E-state index contributed by atoms with van der Waals surface area (Å²) in [5.74, 6) is -0.400. The van der Waals surface area contributed by atoms with Crippen LogP contribution in [0.4, 0.5) is 10.1 Å². The van der Waals surface area contributed by atoms with Gasteiger partial charge >= 0.3 is 16.9 Å². The molecule has 0 unspecified atom stereocenters. The summed E-state index contributed by atoms with van der Waals surface area (Å²) in [4.78, 5) is 38.3. The highest BCUT2D eigenvalue weighted by molar-refractivity contribution is 5.68. The molecule has 2 heterocycles. The molecule has 1 aliphatic carbocycles. The van der Waals surface area contributed by atoms with Gasteiger partial charge in [0.15, 0.2) is 0 Å². The molecule has 184 valence electrons. The summed E-state index contributed by atoms with van der Waals surface area (Å²) in [7, 11) is 0. The largest absolute Gasteiger partial charge is 0.358 e. The minimum Gasteiger partial charge on any atom is -0.287 e. The van der Waals surface area contributed by atoms with Crippen molar-refractivity contribution in [3.63, 3.8) is 0 Å². The summed E-state index contributed by atoms with van der Waals surface area (Å²) in [6.07, 6.45) is 5.43. The second-order valence-corrected chi connectivity index (χ2v) is 8.90. The minimum absolute atomic E-state index is 0.0821. The first kappa shape index (κ1) is 23.4. The van der Waals surface area contributed by atoms with Crippen LogP contribution in [0.25, 0.3) is 11.3 Å². The van der Waals surface area contributed by atoms with Crippen molar-refractivity contribution >= 4 is 5.69 Å². The number of halogens is 1. The van der Waals surface area contributed by atoms with E-state index in [2.05, 4.69) is 5.10 Å². The third-order valence-corrected chi connectivity index (χ3v) is 6.64. The van der Waals surface area contributed by atoms with Crippen LogP contribution in [0.1, 0.15) is 36.4 Å². The van der Waals surface area contributed by atoms with Gasteiger partial charge < -0.3 is 0 Å². The number of rotatable bonds is 8. The number of aryl methyl sites for hydroxylation is 1. The maximum atomic E-state index is 14.1. The predicted molar refractivity (Wildman–Crippen MR) is 131 cm³/mol. The Morgan fingerprint density at radius 1 is 1.06 bits per heavy atom. The van der Waals surface area contributed by atoms with Crippen molar-refractivity contribution in [2.75, 3.05) is 0 Å². The lowest BCUT2D eigenvalue weighted by Gasteiger charge is -2.27. The van der Waals surface area contributed by atoms with Gasteiger partial charge in [0.2, 0.25) is 0 Å². The van der Waals surface area contributed by atoms with Gasteiger partial charge in [-0.25, -0.2) is 9.18 Å². The van der Waals surface area contributed by atoms with E-state index in [9.17, 15) is 24.1 Å². The molecule has 0 bridgehead atoms. The van der Waals surface area contributed by atoms with Gasteiger partial charge in [0, 0.05) is 29.9 Å². The maximum absolute atomic E-state index is 14.1. The van der Waals surface area contributed by atoms with Gasteiger partial charge in [-0.05, 0) is 37.3 Å². The van der Waals surface area contributed by atoms with Crippen molar-refractivity contribution in [2.24, 2.45) is 0 Å². The Morgan fingerprint density at radius 2 is 1.78 bits per heavy atom. The summed E-state index contributed by atoms with van der Waals surface area (Å²) >= 11 is 0. The van der Waals surface area contributed by atoms with Crippen molar-refractivity contribution in [2.45, 2.75) is 44.8 Å². The number of benzene rings is 2. The first-order valence-electron chi connectivity index (χ1n) is 11.8. The van der Waals surface area contributed by atoms with Gasteiger partial charge in [0.05, 0.1) is 17.7 Å². The standard InChI is InChI=1S/C26H24FN5O4/c27-22-12-5-4-9-19(22)16-29-17-20(15-28-29)23-24(32(35)36)25(33)31(21-10-6-11-21)26(34)30(23)14-13-18-7-2-1-3-8-18/h1-5,7-9,12,15,17,21H,6,10-11,13-14,16H2. The quantitative estimate of drug-likeness (QED) is 0.275. The fourth-order valence-corrected chi connectivity index (χ4v) is 4.55. The second kappa shape index (κ2) is 9.73. The van der Waals surface area contributed by atoms with Crippen LogP contribution in [0.3, 0.4) is 0 Å². The molecular weight excluding hydrogens is 465 g/mol. The molecule has 1 fully saturated rings. The van der Waals surface area contributed by atoms with E-state index in [1.807, 2.05) is 30.3 Å². The van der Waals surface area contributed by atoms with Crippen LogP contribution >= 0.6 is 0 Å². The van der Waals surface area contributed by atoms with Crippen LogP contribution in [0.2, 0.25) is 0 Å². The molecule has 10 heteroatoms. The molecule has 0 N–H and O–H groups in total. The van der Waals surface area contributed by atoms with Crippen molar-refractivity contribution in [3.8, 4) is 11.3 Å². The number of nitro groups is 1. The molecule has 2 aromatic carbocycles. The van der Waals surface area contributed by atoms with Crippen LogP contribution < -0.4 is 11.2 Å². The molecule has 1 saturated carbocycles. The molecule has 0 radical (unpaired) electrons. The molecule has 36 heavy (non-hydrogen) atoms. The minimum atomic E-state index is -0.900. The van der Waals surface area contributed by atoms with Gasteiger partial charge in [-0.3, -0.25) is 28.7 Å². The monoisotopic (exact) mass is 489 g/mol. The topological polar surface area (TPSA) is 105 Å². The van der Waals surface area contributed by atoms with Crippen LogP contribution in [-0.4, -0.2) is 23.8 Å². The second-order valence-electron chi connectivity index (χ2n) is 8.90. The molecule has 9 nitrogen and oxygen atoms in total. The molecule has 4 aromatic rings. The van der Waals surface area contributed by atoms with Crippen molar-refractivity contribution in [1.82, 2.24) is 18.9 Å². The van der Waals surface area contributed by atoms with Gasteiger partial charge in [0.25, 0.3) is 0 Å². The molecule has 0 amide bonds. The van der Waals surface area contributed by atoms with Crippen molar-refractivity contribution in [1.29, 1.82) is 0 Å². The summed E-state index contributed by atoms with van der Waals surface area (Å²) in [5.41, 5.74) is -0.605. The van der Waals surface area contributed by atoms with Gasteiger partial charge in [-0.15, -0.1) is 0 Å². The molecular formula is C26H24FN5O4. The zero-order valence-electron chi connectivity index (χ0n) is 19.4. The molecule has 5 rings (SSSR count). The smallest absolute Gasteiger partial charge is 0.287 e. The Balaban J connectivity index is 1.64. The maximum Gasteiger partial charge on any atom is 0.358 e. The lowest BCUT2D eigenvalue weighted by Crippen LogP contribution is -2.45. The third kappa shape index (κ3) is 4.37. The molecule has 2 aromatic heterocycles. The third-order valence-electron chi connectivity index (χ3n) is 6.64. The van der Waals surface area contributed by atoms with E-state index >= 15 is 0 Å². The predicted octanol–water partition coefficient (Wildman–Crippen LogP) is 3.94. The Labute approximate surface area is 205 Å². The summed E-state index contributed by atoms with van der Waals surface area (Å²) in [6.45, 7) is 0.234. The number of nitrogens with zero attached hydrogens (tertiary/aromatic N) is 5. The SMILES string of the molecule is O=c1c([N+](=O)[O-])c(-c2cnn(Cc3ccccc3F)c2)n(CCc2ccccc2)c(=O)n1C1CCC1. The van der Waals surface area contributed by atoms with Crippen molar-refractivity contribution < 1.29 is 9.31 Å². The molecule has 1 aliphatic rings. The Kier molecular flexibility index (Phi) is 6.32. The van der Waals surface area contributed by atoms with E-state index in [0.29, 0.717) is 24.8 Å². The zero-order chi connectivity index (χ0) is 25.2. The fourth-order valence-electron chi connectivity index (χ4n) is 4.55. The highest BCUT2D eigenvalue weighted by Crippen LogP contribution is 2.32.